The molecule has 1 fully saturated rings. The lowest BCUT2D eigenvalue weighted by molar-refractivity contribution is -0.153. The van der Waals surface area contributed by atoms with Crippen LogP contribution in [0.2, 0.25) is 0 Å². The second-order valence-corrected chi connectivity index (χ2v) is 12.7. The fourth-order valence-electron chi connectivity index (χ4n) is 4.55. The van der Waals surface area contributed by atoms with Crippen molar-refractivity contribution in [3.63, 3.8) is 0 Å². The Hall–Kier alpha value is -4.02. The molecule has 1 saturated heterocycles. The number of esters is 1. The summed E-state index contributed by atoms with van der Waals surface area (Å²) in [4.78, 5) is 46.4. The number of amides is 2. The van der Waals surface area contributed by atoms with E-state index in [9.17, 15) is 14.4 Å². The lowest BCUT2D eigenvalue weighted by atomic mass is 10.0. The minimum Gasteiger partial charge on any atom is -0.448 e. The van der Waals surface area contributed by atoms with Gasteiger partial charge in [-0.2, -0.15) is 0 Å². The zero-order valence-corrected chi connectivity index (χ0v) is 25.1. The summed E-state index contributed by atoms with van der Waals surface area (Å²) in [5.74, 6) is -0.573. The average Bonchev–Trinajstić information content (AvgIpc) is 2.98. The average molecular weight is 602 g/mol. The minimum atomic E-state index is -0.818. The van der Waals surface area contributed by atoms with Crippen molar-refractivity contribution in [2.45, 2.75) is 48.8 Å². The molecule has 1 aromatic heterocycles. The van der Waals surface area contributed by atoms with Crippen molar-refractivity contribution < 1.29 is 23.9 Å². The maximum atomic E-state index is 14.0. The summed E-state index contributed by atoms with van der Waals surface area (Å²) in [6.07, 6.45) is 3.93. The van der Waals surface area contributed by atoms with E-state index in [0.29, 0.717) is 11.3 Å². The van der Waals surface area contributed by atoms with Gasteiger partial charge in [-0.3, -0.25) is 14.7 Å². The Labute approximate surface area is 253 Å². The van der Waals surface area contributed by atoms with Gasteiger partial charge in [0, 0.05) is 23.0 Å². The highest BCUT2D eigenvalue weighted by molar-refractivity contribution is 8.02. The first-order chi connectivity index (χ1) is 20.2. The molecule has 216 valence electrons. The highest BCUT2D eigenvalue weighted by Crippen LogP contribution is 2.42. The van der Waals surface area contributed by atoms with Crippen LogP contribution in [0.5, 0.6) is 0 Å². The fraction of sp³-hybridized carbons (Fsp3) is 0.250. The zero-order chi connectivity index (χ0) is 29.7. The van der Waals surface area contributed by atoms with Crippen LogP contribution in [0.4, 0.5) is 4.79 Å². The Bertz CT molecular complexity index is 1450. The van der Waals surface area contributed by atoms with Crippen molar-refractivity contribution in [2.24, 2.45) is 0 Å². The Balaban J connectivity index is 1.44. The number of β-lactam (4-membered cyclic amide) rings is 1. The van der Waals surface area contributed by atoms with Crippen molar-refractivity contribution in [1.82, 2.24) is 15.2 Å². The Morgan fingerprint density at radius 2 is 1.71 bits per heavy atom. The Morgan fingerprint density at radius 3 is 2.31 bits per heavy atom. The molecular formula is C32H31N3O5S2. The summed E-state index contributed by atoms with van der Waals surface area (Å²) < 4.78 is 11.5. The first-order valence-electron chi connectivity index (χ1n) is 13.4. The monoisotopic (exact) mass is 601 g/mol. The normalized spacial score (nSPS) is 18.5. The topological polar surface area (TPSA) is 97.8 Å². The first kappa shape index (κ1) is 29.5. The molecule has 5 rings (SSSR count). The van der Waals surface area contributed by atoms with Gasteiger partial charge in [-0.15, -0.1) is 11.8 Å². The number of alkyl carbamates (subject to hydrolysis) is 1. The molecule has 3 aromatic rings. The van der Waals surface area contributed by atoms with E-state index >= 15 is 0 Å². The van der Waals surface area contributed by atoms with Crippen LogP contribution in [0, 0.1) is 0 Å². The quantitative estimate of drug-likeness (QED) is 0.188. The van der Waals surface area contributed by atoms with Gasteiger partial charge in [0.1, 0.15) is 22.7 Å². The van der Waals surface area contributed by atoms with Gasteiger partial charge in [-0.1, -0.05) is 72.4 Å². The molecule has 2 atom stereocenters. The van der Waals surface area contributed by atoms with Crippen LogP contribution >= 0.6 is 23.5 Å². The lowest BCUT2D eigenvalue weighted by Crippen LogP contribution is -2.70. The number of nitrogens with zero attached hydrogens (tertiary/aromatic N) is 2. The van der Waals surface area contributed by atoms with E-state index in [2.05, 4.69) is 10.3 Å². The number of ether oxygens (including phenoxy) is 2. The van der Waals surface area contributed by atoms with E-state index in [0.717, 1.165) is 16.0 Å². The minimum absolute atomic E-state index is 0.172. The molecular weight excluding hydrogens is 571 g/mol. The Kier molecular flexibility index (Phi) is 9.03. The van der Waals surface area contributed by atoms with Crippen LogP contribution in [-0.4, -0.2) is 50.6 Å². The summed E-state index contributed by atoms with van der Waals surface area (Å²) in [5.41, 5.74) is 1.73. The molecule has 2 aromatic carbocycles. The maximum absolute atomic E-state index is 14.0. The van der Waals surface area contributed by atoms with Crippen LogP contribution in [0.25, 0.3) is 0 Å². The van der Waals surface area contributed by atoms with Gasteiger partial charge in [-0.25, -0.2) is 9.59 Å². The molecule has 0 spiro atoms. The molecule has 3 heterocycles. The number of nitrogens with one attached hydrogen (secondary N) is 1. The van der Waals surface area contributed by atoms with Crippen molar-refractivity contribution in [3.05, 3.63) is 119 Å². The maximum Gasteiger partial charge on any atom is 0.408 e. The standard InChI is InChI=1S/C32H31N3O5S2/c1-32(2,3)40-31(38)34-25-28(36)35-26(23(20-42-29(25)35)16-18-41-24-15-10-17-33-19-24)30(37)39-27(21-11-6-4-7-12-21)22-13-8-5-9-14-22/h4-19,25,27,29H,20H2,1-3H3,(H,34,38)/t25?,29-/m0/s1. The van der Waals surface area contributed by atoms with E-state index in [1.54, 1.807) is 33.2 Å². The number of hydrogen-bond acceptors (Lipinski definition) is 8. The first-order valence-corrected chi connectivity index (χ1v) is 15.4. The van der Waals surface area contributed by atoms with Gasteiger partial charge < -0.3 is 14.8 Å². The third kappa shape index (κ3) is 6.88. The number of benzene rings is 2. The molecule has 10 heteroatoms. The van der Waals surface area contributed by atoms with Crippen LogP contribution in [0.1, 0.15) is 38.0 Å². The SMILES string of the molecule is CC(C)(C)OC(=O)NC1C(=O)N2C(C(=O)OC(c3ccccc3)c3ccccc3)=C(C=CSc3cccnc3)CS[C@@H]12. The van der Waals surface area contributed by atoms with Gasteiger partial charge in [0.25, 0.3) is 5.91 Å². The third-order valence-corrected chi connectivity index (χ3v) is 8.49. The highest BCUT2D eigenvalue weighted by atomic mass is 32.2. The molecule has 1 unspecified atom stereocenters. The molecule has 42 heavy (non-hydrogen) atoms. The third-order valence-electron chi connectivity index (χ3n) is 6.40. The van der Waals surface area contributed by atoms with Gasteiger partial charge >= 0.3 is 12.1 Å². The van der Waals surface area contributed by atoms with Gasteiger partial charge in [0.05, 0.1) is 0 Å². The lowest BCUT2D eigenvalue weighted by Gasteiger charge is -2.49. The second-order valence-electron chi connectivity index (χ2n) is 10.6. The molecule has 0 saturated carbocycles. The van der Waals surface area contributed by atoms with Crippen molar-refractivity contribution >= 4 is 41.5 Å². The predicted octanol–water partition coefficient (Wildman–Crippen LogP) is 6.08. The summed E-state index contributed by atoms with van der Waals surface area (Å²) >= 11 is 2.92. The molecule has 0 bridgehead atoms. The summed E-state index contributed by atoms with van der Waals surface area (Å²) in [6.45, 7) is 5.27. The summed E-state index contributed by atoms with van der Waals surface area (Å²) in [6, 6.07) is 21.9. The molecule has 2 amide bonds. The van der Waals surface area contributed by atoms with Gasteiger partial charge in [0.15, 0.2) is 6.10 Å². The number of carbonyl (C=O) groups is 3. The number of aromatic nitrogens is 1. The largest absolute Gasteiger partial charge is 0.448 e. The molecule has 1 N–H and O–H groups in total. The van der Waals surface area contributed by atoms with Crippen LogP contribution in [0.15, 0.2) is 113 Å². The number of thioether (sulfide) groups is 2. The number of pyridine rings is 1. The van der Waals surface area contributed by atoms with Crippen LogP contribution in [-0.2, 0) is 19.1 Å². The van der Waals surface area contributed by atoms with Crippen LogP contribution < -0.4 is 5.32 Å². The Morgan fingerprint density at radius 1 is 1.05 bits per heavy atom. The smallest absolute Gasteiger partial charge is 0.408 e. The number of rotatable bonds is 8. The summed E-state index contributed by atoms with van der Waals surface area (Å²) in [7, 11) is 0. The van der Waals surface area contributed by atoms with E-state index < -0.39 is 41.1 Å². The molecule has 0 aliphatic carbocycles. The molecule has 0 radical (unpaired) electrons. The van der Waals surface area contributed by atoms with E-state index in [1.165, 1.54) is 28.4 Å². The fourth-order valence-corrected chi connectivity index (χ4v) is 6.54. The van der Waals surface area contributed by atoms with Crippen molar-refractivity contribution in [1.29, 1.82) is 0 Å². The number of hydrogen-bond donors (Lipinski definition) is 1. The zero-order valence-electron chi connectivity index (χ0n) is 23.4. The number of fused-ring (bicyclic) bond motifs is 1. The summed E-state index contributed by atoms with van der Waals surface area (Å²) in [5, 5.41) is 4.07. The van der Waals surface area contributed by atoms with Crippen LogP contribution in [0.3, 0.4) is 0 Å². The van der Waals surface area contributed by atoms with Gasteiger partial charge in [0.2, 0.25) is 0 Å². The molecule has 8 nitrogen and oxygen atoms in total. The molecule has 2 aliphatic heterocycles. The van der Waals surface area contributed by atoms with Gasteiger partial charge in [-0.05, 0) is 61.1 Å². The van der Waals surface area contributed by atoms with E-state index in [-0.39, 0.29) is 5.70 Å². The predicted molar refractivity (Wildman–Crippen MR) is 163 cm³/mol. The molecule has 2 aliphatic rings. The van der Waals surface area contributed by atoms with Crippen molar-refractivity contribution in [3.8, 4) is 0 Å². The highest BCUT2D eigenvalue weighted by Gasteiger charge is 2.54. The number of allylic oxidation sites excluding steroid dienone is 1. The van der Waals surface area contributed by atoms with Crippen molar-refractivity contribution in [2.75, 3.05) is 5.75 Å². The van der Waals surface area contributed by atoms with E-state index in [1.807, 2.05) is 84.3 Å². The number of carbonyl (C=O) groups excluding carboxylic acids is 3. The van der Waals surface area contributed by atoms with E-state index in [4.69, 9.17) is 9.47 Å². The second kappa shape index (κ2) is 12.9.